The van der Waals surface area contributed by atoms with Gasteiger partial charge in [-0.2, -0.15) is 0 Å². The lowest BCUT2D eigenvalue weighted by Gasteiger charge is -2.07. The Morgan fingerprint density at radius 1 is 0.533 bits per heavy atom. The van der Waals surface area contributed by atoms with Crippen molar-refractivity contribution in [1.29, 1.82) is 0 Å². The van der Waals surface area contributed by atoms with Crippen molar-refractivity contribution in [2.75, 3.05) is 0 Å². The maximum absolute atomic E-state index is 12.4. The third kappa shape index (κ3) is 6.14. The SMILES string of the molecule is Cc1ccc(S(=O)(=O)SCc2ccc(CSS(=O)(=O)c3ccc(C)cc3)cc2)cc1. The van der Waals surface area contributed by atoms with Crippen LogP contribution in [0.3, 0.4) is 0 Å². The lowest BCUT2D eigenvalue weighted by Crippen LogP contribution is -1.97. The van der Waals surface area contributed by atoms with Crippen LogP contribution in [-0.4, -0.2) is 16.8 Å². The number of aryl methyl sites for hydroxylation is 2. The van der Waals surface area contributed by atoms with E-state index < -0.39 is 17.7 Å². The number of hydrogen-bond acceptors (Lipinski definition) is 6. The Morgan fingerprint density at radius 3 is 1.13 bits per heavy atom. The second-order valence-corrected chi connectivity index (χ2v) is 14.7. The molecule has 0 saturated heterocycles. The van der Waals surface area contributed by atoms with Gasteiger partial charge < -0.3 is 0 Å². The molecule has 3 aromatic carbocycles. The topological polar surface area (TPSA) is 68.3 Å². The first-order chi connectivity index (χ1) is 14.2. The molecule has 158 valence electrons. The van der Waals surface area contributed by atoms with E-state index in [0.717, 1.165) is 43.8 Å². The molecule has 0 aliphatic heterocycles. The molecule has 8 heteroatoms. The summed E-state index contributed by atoms with van der Waals surface area (Å²) in [5, 5.41) is 0. The summed E-state index contributed by atoms with van der Waals surface area (Å²) >= 11 is 0. The predicted octanol–water partition coefficient (Wildman–Crippen LogP) is 5.55. The summed E-state index contributed by atoms with van der Waals surface area (Å²) in [7, 11) is -5.06. The van der Waals surface area contributed by atoms with Crippen molar-refractivity contribution in [3.8, 4) is 0 Å². The standard InChI is InChI=1S/C22H22O4S4/c1-17-3-11-21(12-4-17)29(23,24)27-15-19-7-9-20(10-8-19)16-28-30(25,26)22-13-5-18(2)6-14-22/h3-14H,15-16H2,1-2H3. The van der Waals surface area contributed by atoms with Crippen molar-refractivity contribution >= 4 is 39.3 Å². The molecule has 3 rings (SSSR count). The lowest BCUT2D eigenvalue weighted by molar-refractivity contribution is 0.608. The Kier molecular flexibility index (Phi) is 7.34. The summed E-state index contributed by atoms with van der Waals surface area (Å²) in [6.07, 6.45) is 0. The first kappa shape index (κ1) is 22.9. The average molecular weight is 479 g/mol. The summed E-state index contributed by atoms with van der Waals surface area (Å²) in [6, 6.07) is 21.0. The first-order valence-corrected chi connectivity index (χ1v) is 15.1. The van der Waals surface area contributed by atoms with Crippen molar-refractivity contribution in [2.45, 2.75) is 35.1 Å². The number of rotatable bonds is 8. The smallest absolute Gasteiger partial charge is 0.212 e. The molecule has 0 N–H and O–H groups in total. The van der Waals surface area contributed by atoms with Crippen LogP contribution >= 0.6 is 21.6 Å². The minimum atomic E-state index is -3.42. The fourth-order valence-electron chi connectivity index (χ4n) is 2.57. The lowest BCUT2D eigenvalue weighted by atomic mass is 10.2. The normalized spacial score (nSPS) is 12.1. The fraction of sp³-hybridized carbons (Fsp3) is 0.182. The van der Waals surface area contributed by atoms with Crippen LogP contribution in [0.2, 0.25) is 0 Å². The van der Waals surface area contributed by atoms with Gasteiger partial charge in [-0.3, -0.25) is 0 Å². The molecule has 0 amide bonds. The highest BCUT2D eigenvalue weighted by molar-refractivity contribution is 8.72. The second kappa shape index (κ2) is 9.60. The molecule has 0 aliphatic carbocycles. The maximum atomic E-state index is 12.4. The van der Waals surface area contributed by atoms with Crippen molar-refractivity contribution in [3.05, 3.63) is 95.1 Å². The van der Waals surface area contributed by atoms with Gasteiger partial charge in [0.25, 0.3) is 0 Å². The van der Waals surface area contributed by atoms with Crippen LogP contribution in [0.1, 0.15) is 22.3 Å². The minimum absolute atomic E-state index is 0.299. The molecule has 0 radical (unpaired) electrons. The van der Waals surface area contributed by atoms with Crippen LogP contribution in [0.25, 0.3) is 0 Å². The van der Waals surface area contributed by atoms with Gasteiger partial charge in [0.15, 0.2) is 0 Å². The van der Waals surface area contributed by atoms with Crippen molar-refractivity contribution in [2.24, 2.45) is 0 Å². The van der Waals surface area contributed by atoms with Crippen LogP contribution in [-0.2, 0) is 29.2 Å². The quantitative estimate of drug-likeness (QED) is 0.396. The molecule has 0 aliphatic rings. The predicted molar refractivity (Wildman–Crippen MR) is 126 cm³/mol. The summed E-state index contributed by atoms with van der Waals surface area (Å²) in [5.41, 5.74) is 3.75. The van der Waals surface area contributed by atoms with Crippen LogP contribution < -0.4 is 0 Å². The van der Waals surface area contributed by atoms with Crippen LogP contribution in [0.4, 0.5) is 0 Å². The molecule has 0 bridgehead atoms. The van der Waals surface area contributed by atoms with E-state index in [0.29, 0.717) is 21.3 Å². The molecule has 0 aromatic heterocycles. The molecule has 30 heavy (non-hydrogen) atoms. The highest BCUT2D eigenvalue weighted by atomic mass is 33.1. The molecule has 0 spiro atoms. The third-order valence-corrected chi connectivity index (χ3v) is 11.3. The molecule has 0 fully saturated rings. The first-order valence-electron chi connectivity index (χ1n) is 9.16. The van der Waals surface area contributed by atoms with E-state index in [2.05, 4.69) is 0 Å². The Labute approximate surface area is 185 Å². The zero-order valence-corrected chi connectivity index (χ0v) is 19.9. The fourth-order valence-corrected chi connectivity index (χ4v) is 7.98. The Bertz CT molecular complexity index is 1100. The second-order valence-electron chi connectivity index (χ2n) is 6.88. The molecule has 0 heterocycles. The Morgan fingerprint density at radius 2 is 0.833 bits per heavy atom. The van der Waals surface area contributed by atoms with Gasteiger partial charge in [-0.15, -0.1) is 0 Å². The number of hydrogen-bond donors (Lipinski definition) is 0. The molecule has 3 aromatic rings. The van der Waals surface area contributed by atoms with Gasteiger partial charge in [-0.05, 0) is 70.8 Å². The van der Waals surface area contributed by atoms with E-state index in [9.17, 15) is 16.8 Å². The van der Waals surface area contributed by atoms with Gasteiger partial charge in [0, 0.05) is 11.5 Å². The molecule has 0 atom stereocenters. The highest BCUT2D eigenvalue weighted by Crippen LogP contribution is 2.29. The van der Waals surface area contributed by atoms with Gasteiger partial charge >= 0.3 is 0 Å². The van der Waals surface area contributed by atoms with E-state index in [1.807, 2.05) is 38.1 Å². The van der Waals surface area contributed by atoms with E-state index in [1.54, 1.807) is 48.5 Å². The summed E-state index contributed by atoms with van der Waals surface area (Å²) in [4.78, 5) is 0.597. The summed E-state index contributed by atoms with van der Waals surface area (Å²) in [6.45, 7) is 3.82. The van der Waals surface area contributed by atoms with Gasteiger partial charge in [-0.25, -0.2) is 16.8 Å². The van der Waals surface area contributed by atoms with Gasteiger partial charge in [0.2, 0.25) is 17.7 Å². The van der Waals surface area contributed by atoms with Crippen LogP contribution in [0.15, 0.2) is 82.6 Å². The van der Waals surface area contributed by atoms with Gasteiger partial charge in [0.05, 0.1) is 9.79 Å². The van der Waals surface area contributed by atoms with Gasteiger partial charge in [0.1, 0.15) is 0 Å². The largest absolute Gasteiger partial charge is 0.230 e. The van der Waals surface area contributed by atoms with Crippen LogP contribution in [0, 0.1) is 13.8 Å². The highest BCUT2D eigenvalue weighted by Gasteiger charge is 2.16. The Hall–Kier alpha value is -1.74. The summed E-state index contributed by atoms with van der Waals surface area (Å²) < 4.78 is 49.8. The zero-order valence-electron chi connectivity index (χ0n) is 16.6. The molecular weight excluding hydrogens is 457 g/mol. The molecule has 0 saturated carbocycles. The van der Waals surface area contributed by atoms with E-state index >= 15 is 0 Å². The van der Waals surface area contributed by atoms with Crippen molar-refractivity contribution < 1.29 is 16.8 Å². The van der Waals surface area contributed by atoms with Gasteiger partial charge in [-0.1, -0.05) is 59.7 Å². The molecule has 0 unspecified atom stereocenters. The third-order valence-electron chi connectivity index (χ3n) is 4.40. The Balaban J connectivity index is 1.58. The monoisotopic (exact) mass is 478 g/mol. The molecular formula is C22H22O4S4. The van der Waals surface area contributed by atoms with E-state index in [-0.39, 0.29) is 0 Å². The summed E-state index contributed by atoms with van der Waals surface area (Å²) in [5.74, 6) is 0.649. The minimum Gasteiger partial charge on any atom is -0.212 e. The van der Waals surface area contributed by atoms with Crippen LogP contribution in [0.5, 0.6) is 0 Å². The number of benzene rings is 3. The van der Waals surface area contributed by atoms with E-state index in [4.69, 9.17) is 0 Å². The zero-order chi connectivity index (χ0) is 21.8. The van der Waals surface area contributed by atoms with Crippen molar-refractivity contribution in [1.82, 2.24) is 0 Å². The van der Waals surface area contributed by atoms with E-state index in [1.165, 1.54) is 0 Å². The molecule has 4 nitrogen and oxygen atoms in total. The van der Waals surface area contributed by atoms with Crippen molar-refractivity contribution in [3.63, 3.8) is 0 Å². The maximum Gasteiger partial charge on any atom is 0.230 e. The average Bonchev–Trinajstić information content (AvgIpc) is 2.72.